The molecule has 5 rings (SSSR count). The van der Waals surface area contributed by atoms with Crippen LogP contribution in [0.5, 0.6) is 0 Å². The second-order valence-corrected chi connectivity index (χ2v) is 6.80. The topological polar surface area (TPSA) is 109 Å². The Bertz CT molecular complexity index is 1350. The van der Waals surface area contributed by atoms with Gasteiger partial charge in [0.1, 0.15) is 12.0 Å². The van der Waals surface area contributed by atoms with Crippen LogP contribution in [0.1, 0.15) is 18.0 Å². The molecule has 5 heterocycles. The molecule has 1 unspecified atom stereocenters. The van der Waals surface area contributed by atoms with Gasteiger partial charge in [-0.15, -0.1) is 0 Å². The number of pyridine rings is 2. The zero-order valence-electron chi connectivity index (χ0n) is 15.8. The van der Waals surface area contributed by atoms with Crippen LogP contribution in [-0.4, -0.2) is 34.7 Å². The summed E-state index contributed by atoms with van der Waals surface area (Å²) in [6.45, 7) is 0. The summed E-state index contributed by atoms with van der Waals surface area (Å²) >= 11 is 0. The van der Waals surface area contributed by atoms with Crippen molar-refractivity contribution >= 4 is 11.0 Å². The SMILES string of the molecule is N#CCC(c1cncc(-c2cccnc2)c1)n1cc(-c2ncnc3[nH]ccc23)cn1. The van der Waals surface area contributed by atoms with E-state index in [0.717, 1.165) is 39.0 Å². The van der Waals surface area contributed by atoms with Crippen LogP contribution in [0.25, 0.3) is 33.4 Å². The molecule has 8 nitrogen and oxygen atoms in total. The molecule has 144 valence electrons. The van der Waals surface area contributed by atoms with E-state index in [4.69, 9.17) is 0 Å². The van der Waals surface area contributed by atoms with Crippen LogP contribution in [0.3, 0.4) is 0 Å². The van der Waals surface area contributed by atoms with E-state index in [9.17, 15) is 5.26 Å². The van der Waals surface area contributed by atoms with Crippen molar-refractivity contribution in [3.05, 3.63) is 79.5 Å². The van der Waals surface area contributed by atoms with Crippen LogP contribution in [0.4, 0.5) is 0 Å². The minimum absolute atomic E-state index is 0.267. The fourth-order valence-electron chi connectivity index (χ4n) is 3.52. The molecule has 0 aliphatic rings. The Morgan fingerprint density at radius 3 is 2.83 bits per heavy atom. The molecule has 0 amide bonds. The van der Waals surface area contributed by atoms with Gasteiger partial charge in [0.25, 0.3) is 0 Å². The number of hydrogen-bond donors (Lipinski definition) is 1. The lowest BCUT2D eigenvalue weighted by Gasteiger charge is -2.15. The summed E-state index contributed by atoms with van der Waals surface area (Å²) in [5, 5.41) is 14.9. The Morgan fingerprint density at radius 1 is 1.03 bits per heavy atom. The molecule has 0 radical (unpaired) electrons. The minimum Gasteiger partial charge on any atom is -0.346 e. The summed E-state index contributed by atoms with van der Waals surface area (Å²) in [7, 11) is 0. The zero-order valence-corrected chi connectivity index (χ0v) is 15.8. The number of rotatable bonds is 5. The monoisotopic (exact) mass is 392 g/mol. The number of aromatic amines is 1. The van der Waals surface area contributed by atoms with E-state index in [-0.39, 0.29) is 12.5 Å². The molecule has 0 aliphatic carbocycles. The van der Waals surface area contributed by atoms with Gasteiger partial charge in [0.2, 0.25) is 0 Å². The molecule has 30 heavy (non-hydrogen) atoms. The lowest BCUT2D eigenvalue weighted by atomic mass is 10.0. The smallest absolute Gasteiger partial charge is 0.141 e. The summed E-state index contributed by atoms with van der Waals surface area (Å²) in [5.41, 5.74) is 5.25. The van der Waals surface area contributed by atoms with Crippen LogP contribution >= 0.6 is 0 Å². The van der Waals surface area contributed by atoms with E-state index in [1.807, 2.05) is 36.7 Å². The van der Waals surface area contributed by atoms with Crippen molar-refractivity contribution < 1.29 is 0 Å². The van der Waals surface area contributed by atoms with Gasteiger partial charge >= 0.3 is 0 Å². The van der Waals surface area contributed by atoms with Crippen LogP contribution in [-0.2, 0) is 0 Å². The number of nitriles is 1. The standard InChI is InChI=1S/C22H16N8/c23-5-3-20(17-8-16(10-25-11-17)15-2-1-6-24-9-15)30-13-18(12-29-30)21-19-4-7-26-22(19)28-14-27-21/h1-2,4,6-14,20H,3H2,(H,26,27,28). The summed E-state index contributed by atoms with van der Waals surface area (Å²) in [6, 6.07) is 9.84. The highest BCUT2D eigenvalue weighted by Gasteiger charge is 2.18. The first-order chi connectivity index (χ1) is 14.8. The van der Waals surface area contributed by atoms with Crippen LogP contribution in [0.2, 0.25) is 0 Å². The van der Waals surface area contributed by atoms with Gasteiger partial charge in [-0.2, -0.15) is 10.4 Å². The van der Waals surface area contributed by atoms with Gasteiger partial charge in [-0.25, -0.2) is 9.97 Å². The molecule has 0 fully saturated rings. The first-order valence-corrected chi connectivity index (χ1v) is 9.38. The molecule has 0 aliphatic heterocycles. The van der Waals surface area contributed by atoms with Gasteiger partial charge in [-0.1, -0.05) is 6.07 Å². The van der Waals surface area contributed by atoms with E-state index in [2.05, 4.69) is 36.1 Å². The number of nitrogens with zero attached hydrogens (tertiary/aromatic N) is 7. The van der Waals surface area contributed by atoms with Crippen molar-refractivity contribution in [3.8, 4) is 28.5 Å². The van der Waals surface area contributed by atoms with Crippen LogP contribution in [0.15, 0.2) is 74.0 Å². The second-order valence-electron chi connectivity index (χ2n) is 6.80. The van der Waals surface area contributed by atoms with E-state index < -0.39 is 0 Å². The quantitative estimate of drug-likeness (QED) is 0.487. The van der Waals surface area contributed by atoms with Crippen LogP contribution < -0.4 is 0 Å². The maximum atomic E-state index is 9.44. The normalized spacial score (nSPS) is 12.0. The number of H-pyrrole nitrogens is 1. The Kier molecular flexibility index (Phi) is 4.46. The summed E-state index contributed by atoms with van der Waals surface area (Å²) in [4.78, 5) is 20.3. The second kappa shape index (κ2) is 7.56. The average molecular weight is 392 g/mol. The fraction of sp³-hybridized carbons (Fsp3) is 0.0909. The number of hydrogen-bond acceptors (Lipinski definition) is 6. The van der Waals surface area contributed by atoms with Gasteiger partial charge < -0.3 is 4.98 Å². The first kappa shape index (κ1) is 17.7. The predicted octanol–water partition coefficient (Wildman–Crippen LogP) is 3.78. The summed E-state index contributed by atoms with van der Waals surface area (Å²) in [5.74, 6) is 0. The predicted molar refractivity (Wildman–Crippen MR) is 111 cm³/mol. The van der Waals surface area contributed by atoms with Gasteiger partial charge in [-0.3, -0.25) is 14.6 Å². The summed E-state index contributed by atoms with van der Waals surface area (Å²) < 4.78 is 1.79. The molecular formula is C22H16N8. The van der Waals surface area contributed by atoms with Gasteiger partial charge in [-0.05, 0) is 23.8 Å². The third-order valence-electron chi connectivity index (χ3n) is 4.97. The van der Waals surface area contributed by atoms with Gasteiger partial charge in [0.15, 0.2) is 0 Å². The molecule has 0 bridgehead atoms. The fourth-order valence-corrected chi connectivity index (χ4v) is 3.52. The van der Waals surface area contributed by atoms with E-state index >= 15 is 0 Å². The highest BCUT2D eigenvalue weighted by atomic mass is 15.3. The molecular weight excluding hydrogens is 376 g/mol. The Balaban J connectivity index is 1.54. The van der Waals surface area contributed by atoms with E-state index in [0.29, 0.717) is 0 Å². The molecule has 0 spiro atoms. The van der Waals surface area contributed by atoms with E-state index in [1.165, 1.54) is 6.33 Å². The molecule has 5 aromatic rings. The Labute approximate surface area is 171 Å². The largest absolute Gasteiger partial charge is 0.346 e. The van der Waals surface area contributed by atoms with Crippen LogP contribution in [0, 0.1) is 11.3 Å². The summed E-state index contributed by atoms with van der Waals surface area (Å²) in [6.07, 6.45) is 14.4. The molecule has 8 heteroatoms. The third kappa shape index (κ3) is 3.18. The van der Waals surface area contributed by atoms with Crippen molar-refractivity contribution in [3.63, 3.8) is 0 Å². The Morgan fingerprint density at radius 2 is 1.97 bits per heavy atom. The lowest BCUT2D eigenvalue weighted by molar-refractivity contribution is 0.531. The van der Waals surface area contributed by atoms with Crippen molar-refractivity contribution in [2.75, 3.05) is 0 Å². The number of aromatic nitrogens is 7. The van der Waals surface area contributed by atoms with Gasteiger partial charge in [0, 0.05) is 59.3 Å². The van der Waals surface area contributed by atoms with Crippen molar-refractivity contribution in [1.29, 1.82) is 5.26 Å². The maximum absolute atomic E-state index is 9.44. The van der Waals surface area contributed by atoms with Gasteiger partial charge in [0.05, 0.1) is 30.4 Å². The average Bonchev–Trinajstić information content (AvgIpc) is 3.48. The highest BCUT2D eigenvalue weighted by Crippen LogP contribution is 2.29. The maximum Gasteiger partial charge on any atom is 0.141 e. The molecule has 5 aromatic heterocycles. The number of fused-ring (bicyclic) bond motifs is 1. The zero-order chi connectivity index (χ0) is 20.3. The first-order valence-electron chi connectivity index (χ1n) is 9.38. The highest BCUT2D eigenvalue weighted by molar-refractivity contribution is 5.90. The van der Waals surface area contributed by atoms with Crippen molar-refractivity contribution in [1.82, 2.24) is 34.7 Å². The molecule has 0 aromatic carbocycles. The molecule has 0 saturated carbocycles. The van der Waals surface area contributed by atoms with Crippen molar-refractivity contribution in [2.45, 2.75) is 12.5 Å². The lowest BCUT2D eigenvalue weighted by Crippen LogP contribution is -2.11. The molecule has 0 saturated heterocycles. The Hall–Kier alpha value is -4.38. The molecule has 1 atom stereocenters. The van der Waals surface area contributed by atoms with E-state index in [1.54, 1.807) is 35.7 Å². The van der Waals surface area contributed by atoms with Crippen molar-refractivity contribution in [2.24, 2.45) is 0 Å². The molecule has 1 N–H and O–H groups in total. The minimum atomic E-state index is -0.267. The number of nitrogens with one attached hydrogen (secondary N) is 1. The third-order valence-corrected chi connectivity index (χ3v) is 4.97.